The van der Waals surface area contributed by atoms with Crippen molar-refractivity contribution in [2.75, 3.05) is 37.7 Å². The van der Waals surface area contributed by atoms with Crippen LogP contribution in [0.1, 0.15) is 23.7 Å². The number of nitrogens with one attached hydrogen (secondary N) is 1. The van der Waals surface area contributed by atoms with Crippen molar-refractivity contribution in [2.45, 2.75) is 25.6 Å². The molecule has 2 aliphatic heterocycles. The van der Waals surface area contributed by atoms with E-state index in [4.69, 9.17) is 4.74 Å². The first kappa shape index (κ1) is 21.9. The number of para-hydroxylation sites is 1. The fourth-order valence-electron chi connectivity index (χ4n) is 4.42. The number of hydrogen-bond donors (Lipinski definition) is 1. The van der Waals surface area contributed by atoms with Crippen LogP contribution in [0, 0.1) is 0 Å². The number of benzene rings is 2. The number of carbonyl (C=O) groups excluding carboxylic acids is 1. The molecule has 2 aliphatic rings. The quantitative estimate of drug-likeness (QED) is 0.549. The molecule has 1 fully saturated rings. The Morgan fingerprint density at radius 3 is 2.76 bits per heavy atom. The minimum Gasteiger partial charge on any atom is -0.493 e. The summed E-state index contributed by atoms with van der Waals surface area (Å²) < 4.78 is 8.29. The fraction of sp³-hybridized carbons (Fsp3) is 0.375. The molecule has 33 heavy (non-hydrogen) atoms. The second kappa shape index (κ2) is 9.93. The van der Waals surface area contributed by atoms with Crippen molar-refractivity contribution < 1.29 is 9.53 Å². The summed E-state index contributed by atoms with van der Waals surface area (Å²) in [7, 11) is 0. The highest BCUT2D eigenvalue weighted by molar-refractivity contribution is 9.10. The molecule has 5 rings (SSSR count). The molecule has 3 heterocycles. The average molecular weight is 511 g/mol. The van der Waals surface area contributed by atoms with Crippen LogP contribution in [0.15, 0.2) is 59.2 Å². The van der Waals surface area contributed by atoms with Gasteiger partial charge in [0.25, 0.3) is 0 Å². The summed E-state index contributed by atoms with van der Waals surface area (Å²) in [6.07, 6.45) is 2.62. The van der Waals surface area contributed by atoms with E-state index in [2.05, 4.69) is 65.6 Å². The lowest BCUT2D eigenvalue weighted by Crippen LogP contribution is -2.46. The van der Waals surface area contributed by atoms with Gasteiger partial charge in [0, 0.05) is 54.9 Å². The number of ether oxygens (including phenoxy) is 1. The van der Waals surface area contributed by atoms with E-state index in [1.54, 1.807) is 4.68 Å². The van der Waals surface area contributed by atoms with Gasteiger partial charge in [-0.05, 0) is 30.3 Å². The highest BCUT2D eigenvalue weighted by atomic mass is 79.9. The third kappa shape index (κ3) is 5.36. The van der Waals surface area contributed by atoms with E-state index in [1.807, 2.05) is 30.5 Å². The fourth-order valence-corrected chi connectivity index (χ4v) is 4.80. The molecule has 0 saturated carbocycles. The van der Waals surface area contributed by atoms with Gasteiger partial charge in [0.05, 0.1) is 24.5 Å². The van der Waals surface area contributed by atoms with Crippen LogP contribution in [-0.4, -0.2) is 58.6 Å². The van der Waals surface area contributed by atoms with E-state index in [0.717, 1.165) is 60.6 Å². The molecule has 172 valence electrons. The van der Waals surface area contributed by atoms with Crippen LogP contribution in [0.4, 0.5) is 5.69 Å². The summed E-state index contributed by atoms with van der Waals surface area (Å²) in [6.45, 7) is 5.40. The van der Waals surface area contributed by atoms with Crippen molar-refractivity contribution >= 4 is 27.5 Å². The number of halogens is 1. The number of carbonyl (C=O) groups is 1. The molecule has 2 aromatic carbocycles. The van der Waals surface area contributed by atoms with Gasteiger partial charge >= 0.3 is 0 Å². The van der Waals surface area contributed by atoms with E-state index in [-0.39, 0.29) is 18.5 Å². The zero-order valence-corrected chi connectivity index (χ0v) is 19.9. The Balaban J connectivity index is 1.12. The normalized spacial score (nSPS) is 18.5. The molecular weight excluding hydrogens is 484 g/mol. The lowest BCUT2D eigenvalue weighted by molar-refractivity contribution is -0.122. The van der Waals surface area contributed by atoms with Crippen LogP contribution in [0.25, 0.3) is 0 Å². The maximum absolute atomic E-state index is 12.7. The van der Waals surface area contributed by atoms with E-state index in [1.165, 1.54) is 5.69 Å². The van der Waals surface area contributed by atoms with Crippen molar-refractivity contribution in [3.63, 3.8) is 0 Å². The Bertz CT molecular complexity index is 1100. The molecule has 1 N–H and O–H groups in total. The largest absolute Gasteiger partial charge is 0.493 e. The minimum absolute atomic E-state index is 0.0670. The predicted molar refractivity (Wildman–Crippen MR) is 129 cm³/mol. The van der Waals surface area contributed by atoms with Crippen LogP contribution >= 0.6 is 15.9 Å². The van der Waals surface area contributed by atoms with Gasteiger partial charge < -0.3 is 15.0 Å². The Labute approximate surface area is 201 Å². The molecule has 1 unspecified atom stereocenters. The summed E-state index contributed by atoms with van der Waals surface area (Å²) >= 11 is 3.50. The van der Waals surface area contributed by atoms with E-state index < -0.39 is 0 Å². The molecular formula is C24H27BrN6O2. The third-order valence-electron chi connectivity index (χ3n) is 6.12. The first-order valence-corrected chi connectivity index (χ1v) is 12.1. The second-order valence-electron chi connectivity index (χ2n) is 8.45. The number of nitrogens with zero attached hydrogens (tertiary/aromatic N) is 5. The third-order valence-corrected chi connectivity index (χ3v) is 6.61. The van der Waals surface area contributed by atoms with Crippen molar-refractivity contribution in [2.24, 2.45) is 0 Å². The molecule has 1 saturated heterocycles. The van der Waals surface area contributed by atoms with E-state index in [9.17, 15) is 4.79 Å². The van der Waals surface area contributed by atoms with Crippen LogP contribution in [0.5, 0.6) is 5.75 Å². The van der Waals surface area contributed by atoms with Crippen LogP contribution in [0.3, 0.4) is 0 Å². The van der Waals surface area contributed by atoms with Crippen molar-refractivity contribution in [3.05, 3.63) is 70.5 Å². The lowest BCUT2D eigenvalue weighted by Gasteiger charge is -2.35. The van der Waals surface area contributed by atoms with E-state index >= 15 is 0 Å². The zero-order chi connectivity index (χ0) is 22.6. The Morgan fingerprint density at radius 2 is 1.94 bits per heavy atom. The summed E-state index contributed by atoms with van der Waals surface area (Å²) in [5, 5.41) is 11.6. The maximum Gasteiger partial charge on any atom is 0.242 e. The molecule has 8 nitrogen and oxygen atoms in total. The van der Waals surface area contributed by atoms with Gasteiger partial charge in [-0.3, -0.25) is 9.69 Å². The first-order chi connectivity index (χ1) is 16.1. The van der Waals surface area contributed by atoms with Gasteiger partial charge in [0.15, 0.2) is 0 Å². The Morgan fingerprint density at radius 1 is 1.12 bits per heavy atom. The monoisotopic (exact) mass is 510 g/mol. The maximum atomic E-state index is 12.7. The molecule has 1 amide bonds. The SMILES string of the molecule is O=C(Cn1cc(CN2CCN(c3ccccc3)CC2)nn1)NC1CCOc2ccc(Br)cc21. The zero-order valence-electron chi connectivity index (χ0n) is 18.4. The standard InChI is InChI=1S/C24H27BrN6O2/c25-18-6-7-23-21(14-18)22(8-13-33-23)26-24(32)17-31-16-19(27-28-31)15-29-9-11-30(12-10-29)20-4-2-1-3-5-20/h1-7,14,16,22H,8-13,15,17H2,(H,26,32). The molecule has 1 atom stereocenters. The minimum atomic E-state index is -0.0826. The Kier molecular flexibility index (Phi) is 6.59. The number of amides is 1. The smallest absolute Gasteiger partial charge is 0.242 e. The summed E-state index contributed by atoms with van der Waals surface area (Å²) in [5.41, 5.74) is 3.16. The topological polar surface area (TPSA) is 75.5 Å². The average Bonchev–Trinajstić information content (AvgIpc) is 3.27. The van der Waals surface area contributed by atoms with Gasteiger partial charge in [0.2, 0.25) is 5.91 Å². The summed E-state index contributed by atoms with van der Waals surface area (Å²) in [5.74, 6) is 0.742. The van der Waals surface area contributed by atoms with Gasteiger partial charge in [-0.25, -0.2) is 4.68 Å². The highest BCUT2D eigenvalue weighted by Gasteiger charge is 2.24. The number of rotatable bonds is 6. The van der Waals surface area contributed by atoms with Gasteiger partial charge in [-0.15, -0.1) is 5.10 Å². The predicted octanol–water partition coefficient (Wildman–Crippen LogP) is 3.00. The molecule has 0 bridgehead atoms. The number of piperazine rings is 1. The number of aromatic nitrogens is 3. The molecule has 9 heteroatoms. The van der Waals surface area contributed by atoms with Crippen molar-refractivity contribution in [1.82, 2.24) is 25.2 Å². The highest BCUT2D eigenvalue weighted by Crippen LogP contribution is 2.34. The van der Waals surface area contributed by atoms with Gasteiger partial charge in [-0.2, -0.15) is 0 Å². The van der Waals surface area contributed by atoms with E-state index in [0.29, 0.717) is 6.61 Å². The van der Waals surface area contributed by atoms with Crippen LogP contribution in [-0.2, 0) is 17.9 Å². The molecule has 0 spiro atoms. The van der Waals surface area contributed by atoms with Crippen LogP contribution in [0.2, 0.25) is 0 Å². The number of fused-ring (bicyclic) bond motifs is 1. The van der Waals surface area contributed by atoms with Crippen molar-refractivity contribution in [3.8, 4) is 5.75 Å². The summed E-state index contributed by atoms with van der Waals surface area (Å²) in [4.78, 5) is 17.5. The van der Waals surface area contributed by atoms with Gasteiger partial charge in [-0.1, -0.05) is 39.3 Å². The van der Waals surface area contributed by atoms with Gasteiger partial charge in [0.1, 0.15) is 12.3 Å². The van der Waals surface area contributed by atoms with Crippen LogP contribution < -0.4 is 15.0 Å². The molecule has 0 radical (unpaired) electrons. The molecule has 1 aromatic heterocycles. The molecule has 0 aliphatic carbocycles. The number of anilines is 1. The summed E-state index contributed by atoms with van der Waals surface area (Å²) in [6, 6.07) is 16.3. The first-order valence-electron chi connectivity index (χ1n) is 11.3. The Hall–Kier alpha value is -2.91. The lowest BCUT2D eigenvalue weighted by atomic mass is 10.0. The number of hydrogen-bond acceptors (Lipinski definition) is 6. The van der Waals surface area contributed by atoms with Crippen molar-refractivity contribution in [1.29, 1.82) is 0 Å². The second-order valence-corrected chi connectivity index (χ2v) is 9.36. The molecule has 3 aromatic rings.